The number of nitrogens with zero attached hydrogens (tertiary/aromatic N) is 2. The number of nitrogens with one attached hydrogen (secondary N) is 1. The van der Waals surface area contributed by atoms with Crippen molar-refractivity contribution in [1.82, 2.24) is 4.98 Å². The van der Waals surface area contributed by atoms with Gasteiger partial charge in [0, 0.05) is 18.0 Å². The Balaban J connectivity index is 1.80. The lowest BCUT2D eigenvalue weighted by molar-refractivity contribution is 0.0636. The summed E-state index contributed by atoms with van der Waals surface area (Å²) in [7, 11) is 0. The summed E-state index contributed by atoms with van der Waals surface area (Å²) < 4.78 is 11.0. The summed E-state index contributed by atoms with van der Waals surface area (Å²) in [6.45, 7) is 6.76. The number of benzene rings is 1. The van der Waals surface area contributed by atoms with Crippen molar-refractivity contribution in [3.05, 3.63) is 42.6 Å². The zero-order valence-corrected chi connectivity index (χ0v) is 14.1. The third kappa shape index (κ3) is 3.76. The predicted molar refractivity (Wildman–Crippen MR) is 93.0 cm³/mol. The number of pyridine rings is 1. The summed E-state index contributed by atoms with van der Waals surface area (Å²) in [5.74, 6) is 1.58. The molecule has 0 atom stereocenters. The molecule has 1 aliphatic rings. The van der Waals surface area contributed by atoms with E-state index < -0.39 is 11.7 Å². The minimum Gasteiger partial charge on any atom is -0.489 e. The first kappa shape index (κ1) is 16.1. The number of hydrogen-bond acceptors (Lipinski definition) is 5. The Hall–Kier alpha value is -2.76. The molecule has 126 valence electrons. The van der Waals surface area contributed by atoms with Gasteiger partial charge >= 0.3 is 6.09 Å². The van der Waals surface area contributed by atoms with Gasteiger partial charge < -0.3 is 14.4 Å². The molecule has 2 aromatic rings. The van der Waals surface area contributed by atoms with E-state index in [0.717, 1.165) is 18.1 Å². The molecule has 0 spiro atoms. The highest BCUT2D eigenvalue weighted by Crippen LogP contribution is 2.37. The van der Waals surface area contributed by atoms with Crippen LogP contribution in [0.15, 0.2) is 42.6 Å². The second kappa shape index (κ2) is 6.39. The van der Waals surface area contributed by atoms with E-state index in [-0.39, 0.29) is 0 Å². The largest absolute Gasteiger partial charge is 0.489 e. The van der Waals surface area contributed by atoms with E-state index in [1.165, 1.54) is 0 Å². The molecule has 6 heteroatoms. The lowest BCUT2D eigenvalue weighted by atomic mass is 10.2. The fourth-order valence-electron chi connectivity index (χ4n) is 2.47. The van der Waals surface area contributed by atoms with Crippen LogP contribution in [-0.2, 0) is 4.74 Å². The van der Waals surface area contributed by atoms with E-state index in [4.69, 9.17) is 9.47 Å². The second-order valence-corrected chi connectivity index (χ2v) is 6.50. The lowest BCUT2D eigenvalue weighted by Crippen LogP contribution is -2.29. The smallest absolute Gasteiger partial charge is 0.412 e. The van der Waals surface area contributed by atoms with Crippen molar-refractivity contribution in [3.63, 3.8) is 0 Å². The van der Waals surface area contributed by atoms with Crippen LogP contribution in [0.5, 0.6) is 5.75 Å². The van der Waals surface area contributed by atoms with E-state index in [0.29, 0.717) is 18.0 Å². The number of anilines is 3. The topological polar surface area (TPSA) is 63.7 Å². The maximum atomic E-state index is 11.9. The van der Waals surface area contributed by atoms with Crippen LogP contribution in [-0.4, -0.2) is 29.8 Å². The van der Waals surface area contributed by atoms with Crippen LogP contribution < -0.4 is 15.0 Å². The number of carbonyl (C=O) groups is 1. The monoisotopic (exact) mass is 327 g/mol. The summed E-state index contributed by atoms with van der Waals surface area (Å²) in [6.07, 6.45) is 1.28. The molecule has 1 aromatic carbocycles. The Morgan fingerprint density at radius 1 is 1.29 bits per heavy atom. The molecule has 1 amide bonds. The van der Waals surface area contributed by atoms with Crippen molar-refractivity contribution in [2.24, 2.45) is 0 Å². The second-order valence-electron chi connectivity index (χ2n) is 6.50. The van der Waals surface area contributed by atoms with Gasteiger partial charge in [-0.2, -0.15) is 0 Å². The summed E-state index contributed by atoms with van der Waals surface area (Å²) in [6, 6.07) is 11.3. The van der Waals surface area contributed by atoms with Crippen LogP contribution in [0, 0.1) is 0 Å². The quantitative estimate of drug-likeness (QED) is 0.904. The van der Waals surface area contributed by atoms with E-state index in [2.05, 4.69) is 15.2 Å². The number of hydrogen-bond donors (Lipinski definition) is 1. The van der Waals surface area contributed by atoms with Gasteiger partial charge in [0.15, 0.2) is 0 Å². The van der Waals surface area contributed by atoms with E-state index in [1.807, 2.05) is 51.1 Å². The highest BCUT2D eigenvalue weighted by Gasteiger charge is 2.22. The molecule has 0 saturated heterocycles. The summed E-state index contributed by atoms with van der Waals surface area (Å²) in [5, 5.41) is 2.73. The average Bonchev–Trinajstić information content (AvgIpc) is 2.53. The lowest BCUT2D eigenvalue weighted by Gasteiger charge is -2.30. The van der Waals surface area contributed by atoms with Crippen LogP contribution in [0.3, 0.4) is 0 Å². The first-order chi connectivity index (χ1) is 11.4. The molecule has 0 bridgehead atoms. The number of aromatic nitrogens is 1. The molecule has 2 heterocycles. The van der Waals surface area contributed by atoms with Gasteiger partial charge in [-0.3, -0.25) is 5.32 Å². The Labute approximate surface area is 141 Å². The van der Waals surface area contributed by atoms with Gasteiger partial charge in [-0.25, -0.2) is 9.78 Å². The highest BCUT2D eigenvalue weighted by molar-refractivity contribution is 5.86. The normalized spacial score (nSPS) is 13.7. The van der Waals surface area contributed by atoms with E-state index in [9.17, 15) is 4.79 Å². The Kier molecular flexibility index (Phi) is 4.29. The molecule has 1 aromatic heterocycles. The molecule has 0 saturated carbocycles. The van der Waals surface area contributed by atoms with Crippen molar-refractivity contribution in [2.75, 3.05) is 23.4 Å². The van der Waals surface area contributed by atoms with Crippen molar-refractivity contribution >= 4 is 23.3 Å². The number of rotatable bonds is 2. The Morgan fingerprint density at radius 2 is 2.12 bits per heavy atom. The van der Waals surface area contributed by atoms with Crippen molar-refractivity contribution in [1.29, 1.82) is 0 Å². The molecule has 1 aliphatic heterocycles. The molecule has 0 fully saturated rings. The molecule has 3 rings (SSSR count). The maximum Gasteiger partial charge on any atom is 0.412 e. The SMILES string of the molecule is CC(C)(C)OC(=O)Nc1ccc2c(c1)OCCN2c1ccccn1. The first-order valence-corrected chi connectivity index (χ1v) is 7.88. The number of amides is 1. The first-order valence-electron chi connectivity index (χ1n) is 7.88. The fourth-order valence-corrected chi connectivity index (χ4v) is 2.47. The van der Waals surface area contributed by atoms with Gasteiger partial charge in [-0.05, 0) is 45.0 Å². The predicted octanol–water partition coefficient (Wildman–Crippen LogP) is 3.96. The van der Waals surface area contributed by atoms with Crippen LogP contribution in [0.4, 0.5) is 22.0 Å². The number of carbonyl (C=O) groups excluding carboxylic acids is 1. The van der Waals surface area contributed by atoms with Crippen molar-refractivity contribution in [3.8, 4) is 5.75 Å². The van der Waals surface area contributed by atoms with Crippen LogP contribution >= 0.6 is 0 Å². The Morgan fingerprint density at radius 3 is 2.83 bits per heavy atom. The van der Waals surface area contributed by atoms with Gasteiger partial charge in [0.1, 0.15) is 23.8 Å². The standard InChI is InChI=1S/C18H21N3O3/c1-18(2,3)24-17(22)20-13-7-8-14-15(12-13)23-11-10-21(14)16-6-4-5-9-19-16/h4-9,12H,10-11H2,1-3H3,(H,20,22). The van der Waals surface area contributed by atoms with Gasteiger partial charge in [-0.15, -0.1) is 0 Å². The van der Waals surface area contributed by atoms with Crippen LogP contribution in [0.25, 0.3) is 0 Å². The highest BCUT2D eigenvalue weighted by atomic mass is 16.6. The van der Waals surface area contributed by atoms with Gasteiger partial charge in [0.2, 0.25) is 0 Å². The van der Waals surface area contributed by atoms with Gasteiger partial charge in [-0.1, -0.05) is 6.07 Å². The number of fused-ring (bicyclic) bond motifs is 1. The van der Waals surface area contributed by atoms with Crippen molar-refractivity contribution < 1.29 is 14.3 Å². The molecule has 0 unspecified atom stereocenters. The van der Waals surface area contributed by atoms with Crippen LogP contribution in [0.2, 0.25) is 0 Å². The summed E-state index contributed by atoms with van der Waals surface area (Å²) in [5.41, 5.74) is 1.02. The Bertz CT molecular complexity index is 726. The number of ether oxygens (including phenoxy) is 2. The minimum atomic E-state index is -0.537. The van der Waals surface area contributed by atoms with E-state index in [1.54, 1.807) is 12.3 Å². The summed E-state index contributed by atoms with van der Waals surface area (Å²) in [4.78, 5) is 18.4. The molecule has 0 aliphatic carbocycles. The summed E-state index contributed by atoms with van der Waals surface area (Å²) >= 11 is 0. The third-order valence-corrected chi connectivity index (χ3v) is 3.39. The molecular formula is C18H21N3O3. The minimum absolute atomic E-state index is 0.486. The molecule has 1 N–H and O–H groups in total. The van der Waals surface area contributed by atoms with Gasteiger partial charge in [0.05, 0.1) is 12.2 Å². The van der Waals surface area contributed by atoms with Gasteiger partial charge in [0.25, 0.3) is 0 Å². The average molecular weight is 327 g/mol. The molecule has 6 nitrogen and oxygen atoms in total. The maximum absolute atomic E-state index is 11.9. The molecular weight excluding hydrogens is 306 g/mol. The molecule has 0 radical (unpaired) electrons. The van der Waals surface area contributed by atoms with E-state index >= 15 is 0 Å². The van der Waals surface area contributed by atoms with Crippen LogP contribution in [0.1, 0.15) is 20.8 Å². The zero-order valence-electron chi connectivity index (χ0n) is 14.1. The zero-order chi connectivity index (χ0) is 17.2. The fraction of sp³-hybridized carbons (Fsp3) is 0.333. The third-order valence-electron chi connectivity index (χ3n) is 3.39. The molecule has 24 heavy (non-hydrogen) atoms. The van der Waals surface area contributed by atoms with Crippen molar-refractivity contribution in [2.45, 2.75) is 26.4 Å².